The Bertz CT molecular complexity index is 567. The number of hydrogen-bond donors (Lipinski definition) is 0. The number of rotatable bonds is 3. The molecule has 92 valence electrons. The molecule has 0 amide bonds. The number of esters is 1. The average Bonchev–Trinajstić information content (AvgIpc) is 2.87. The molecule has 0 aliphatic rings. The Labute approximate surface area is 111 Å². The van der Waals surface area contributed by atoms with Crippen LogP contribution in [-0.2, 0) is 9.53 Å². The summed E-state index contributed by atoms with van der Waals surface area (Å²) in [5, 5.41) is 2.09. The molecule has 0 atom stereocenters. The van der Waals surface area contributed by atoms with Gasteiger partial charge in [-0.05, 0) is 35.6 Å². The van der Waals surface area contributed by atoms with Gasteiger partial charge in [0, 0.05) is 10.5 Å². The van der Waals surface area contributed by atoms with E-state index in [1.54, 1.807) is 18.3 Å². The highest BCUT2D eigenvalue weighted by atomic mass is 32.1. The van der Waals surface area contributed by atoms with Crippen LogP contribution in [0.4, 0.5) is 0 Å². The van der Waals surface area contributed by atoms with E-state index in [-0.39, 0.29) is 5.97 Å². The predicted molar refractivity (Wildman–Crippen MR) is 75.4 cm³/mol. The molecule has 0 bridgehead atoms. The first kappa shape index (κ1) is 12.6. The number of carbonyl (C=O) groups is 1. The van der Waals surface area contributed by atoms with Crippen LogP contribution in [0.2, 0.25) is 0 Å². The highest BCUT2D eigenvalue weighted by molar-refractivity contribution is 7.11. The highest BCUT2D eigenvalue weighted by Crippen LogP contribution is 2.26. The second-order valence-electron chi connectivity index (χ2n) is 3.92. The number of carbonyl (C=O) groups excluding carboxylic acids is 1. The minimum absolute atomic E-state index is 0.287. The van der Waals surface area contributed by atoms with E-state index >= 15 is 0 Å². The molecule has 1 aromatic carbocycles. The van der Waals surface area contributed by atoms with Crippen LogP contribution in [0.1, 0.15) is 11.8 Å². The van der Waals surface area contributed by atoms with E-state index in [9.17, 15) is 4.79 Å². The molecule has 0 spiro atoms. The van der Waals surface area contributed by atoms with Crippen LogP contribution in [0.3, 0.4) is 0 Å². The molecular weight excluding hydrogens is 244 g/mol. The van der Waals surface area contributed by atoms with Crippen molar-refractivity contribution in [2.45, 2.75) is 6.92 Å². The summed E-state index contributed by atoms with van der Waals surface area (Å²) in [6.07, 6.45) is 1.85. The maximum Gasteiger partial charge on any atom is 0.333 e. The number of thiophene rings is 1. The zero-order valence-corrected chi connectivity index (χ0v) is 11.2. The molecule has 2 nitrogen and oxygen atoms in total. The van der Waals surface area contributed by atoms with Crippen molar-refractivity contribution in [1.82, 2.24) is 0 Å². The van der Waals surface area contributed by atoms with Gasteiger partial charge in [0.2, 0.25) is 0 Å². The first-order valence-electron chi connectivity index (χ1n) is 5.61. The molecule has 2 rings (SSSR count). The summed E-state index contributed by atoms with van der Waals surface area (Å²) in [7, 11) is 1.39. The number of hydrogen-bond acceptors (Lipinski definition) is 3. The lowest BCUT2D eigenvalue weighted by Gasteiger charge is -1.97. The molecule has 0 aliphatic carbocycles. The third kappa shape index (κ3) is 2.87. The van der Waals surface area contributed by atoms with Crippen molar-refractivity contribution in [3.05, 3.63) is 52.2 Å². The molecule has 0 saturated heterocycles. The Kier molecular flexibility index (Phi) is 3.95. The van der Waals surface area contributed by atoms with Crippen molar-refractivity contribution in [3.63, 3.8) is 0 Å². The lowest BCUT2D eigenvalue weighted by Crippen LogP contribution is -2.00. The Balaban J connectivity index is 2.24. The van der Waals surface area contributed by atoms with Gasteiger partial charge >= 0.3 is 5.97 Å². The van der Waals surface area contributed by atoms with Gasteiger partial charge in [-0.2, -0.15) is 0 Å². The van der Waals surface area contributed by atoms with E-state index in [1.807, 2.05) is 24.3 Å². The molecule has 0 radical (unpaired) electrons. The molecule has 0 unspecified atom stereocenters. The molecule has 3 heteroatoms. The van der Waals surface area contributed by atoms with Gasteiger partial charge in [0.1, 0.15) is 0 Å². The van der Waals surface area contributed by atoms with E-state index in [4.69, 9.17) is 0 Å². The maximum absolute atomic E-state index is 11.3. The summed E-state index contributed by atoms with van der Waals surface area (Å²) in [5.41, 5.74) is 2.97. The van der Waals surface area contributed by atoms with E-state index < -0.39 is 0 Å². The standard InChI is InChI=1S/C15H14O2S/c1-11(15(16)17-2)8-14-9-13(10-18-14)12-6-4-3-5-7-12/h3-10H,1-2H3. The van der Waals surface area contributed by atoms with Crippen molar-refractivity contribution in [3.8, 4) is 11.1 Å². The lowest BCUT2D eigenvalue weighted by molar-refractivity contribution is -0.135. The largest absolute Gasteiger partial charge is 0.466 e. The van der Waals surface area contributed by atoms with Gasteiger partial charge in [0.15, 0.2) is 0 Å². The number of ether oxygens (including phenoxy) is 1. The summed E-state index contributed by atoms with van der Waals surface area (Å²) < 4.78 is 4.67. The van der Waals surface area contributed by atoms with Gasteiger partial charge < -0.3 is 4.74 Å². The summed E-state index contributed by atoms with van der Waals surface area (Å²) >= 11 is 1.62. The first-order chi connectivity index (χ1) is 8.70. The Morgan fingerprint density at radius 2 is 1.94 bits per heavy atom. The van der Waals surface area contributed by atoms with Gasteiger partial charge in [-0.15, -0.1) is 11.3 Å². The van der Waals surface area contributed by atoms with Gasteiger partial charge in [-0.25, -0.2) is 4.79 Å². The van der Waals surface area contributed by atoms with Crippen LogP contribution in [0.25, 0.3) is 17.2 Å². The highest BCUT2D eigenvalue weighted by Gasteiger charge is 2.05. The summed E-state index contributed by atoms with van der Waals surface area (Å²) in [6, 6.07) is 12.3. The normalized spacial score (nSPS) is 11.3. The summed E-state index contributed by atoms with van der Waals surface area (Å²) in [5.74, 6) is -0.287. The van der Waals surface area contributed by atoms with Crippen molar-refractivity contribution in [2.24, 2.45) is 0 Å². The predicted octanol–water partition coefficient (Wildman–Crippen LogP) is 3.99. The quantitative estimate of drug-likeness (QED) is 0.614. The van der Waals surface area contributed by atoms with Crippen LogP contribution in [0, 0.1) is 0 Å². The van der Waals surface area contributed by atoms with E-state index in [0.29, 0.717) is 5.57 Å². The maximum atomic E-state index is 11.3. The minimum Gasteiger partial charge on any atom is -0.466 e. The van der Waals surface area contributed by atoms with E-state index in [0.717, 1.165) is 4.88 Å². The zero-order chi connectivity index (χ0) is 13.0. The van der Waals surface area contributed by atoms with Gasteiger partial charge in [0.05, 0.1) is 7.11 Å². The molecule has 0 fully saturated rings. The first-order valence-corrected chi connectivity index (χ1v) is 6.49. The molecule has 0 aliphatic heterocycles. The van der Waals surface area contributed by atoms with Crippen LogP contribution in [-0.4, -0.2) is 13.1 Å². The Morgan fingerprint density at radius 1 is 1.22 bits per heavy atom. The third-order valence-electron chi connectivity index (χ3n) is 2.59. The third-order valence-corrected chi connectivity index (χ3v) is 3.47. The molecule has 0 saturated carbocycles. The fraction of sp³-hybridized carbons (Fsp3) is 0.133. The van der Waals surface area contributed by atoms with Crippen molar-refractivity contribution < 1.29 is 9.53 Å². The molecule has 2 aromatic rings. The SMILES string of the molecule is COC(=O)C(C)=Cc1cc(-c2ccccc2)cs1. The fourth-order valence-corrected chi connectivity index (χ4v) is 2.55. The fourth-order valence-electron chi connectivity index (χ4n) is 1.64. The van der Waals surface area contributed by atoms with Crippen LogP contribution < -0.4 is 0 Å². The van der Waals surface area contributed by atoms with Crippen molar-refractivity contribution >= 4 is 23.4 Å². The van der Waals surface area contributed by atoms with E-state index in [2.05, 4.69) is 28.3 Å². The van der Waals surface area contributed by atoms with Crippen LogP contribution in [0.15, 0.2) is 47.4 Å². The number of methoxy groups -OCH3 is 1. The van der Waals surface area contributed by atoms with Crippen molar-refractivity contribution in [2.75, 3.05) is 7.11 Å². The monoisotopic (exact) mass is 258 g/mol. The second-order valence-corrected chi connectivity index (χ2v) is 4.87. The van der Waals surface area contributed by atoms with Gasteiger partial charge in [-0.1, -0.05) is 30.3 Å². The molecule has 1 heterocycles. The molecule has 1 aromatic heterocycles. The van der Waals surface area contributed by atoms with Gasteiger partial charge in [-0.3, -0.25) is 0 Å². The zero-order valence-electron chi connectivity index (χ0n) is 10.3. The van der Waals surface area contributed by atoms with Gasteiger partial charge in [0.25, 0.3) is 0 Å². The summed E-state index contributed by atoms with van der Waals surface area (Å²) in [6.45, 7) is 1.76. The number of benzene rings is 1. The topological polar surface area (TPSA) is 26.3 Å². The van der Waals surface area contributed by atoms with Crippen LogP contribution >= 0.6 is 11.3 Å². The Morgan fingerprint density at radius 3 is 2.61 bits per heavy atom. The van der Waals surface area contributed by atoms with Crippen LogP contribution in [0.5, 0.6) is 0 Å². The minimum atomic E-state index is -0.287. The van der Waals surface area contributed by atoms with E-state index in [1.165, 1.54) is 18.2 Å². The summed E-state index contributed by atoms with van der Waals surface area (Å²) in [4.78, 5) is 12.4. The molecular formula is C15H14O2S. The van der Waals surface area contributed by atoms with Crippen molar-refractivity contribution in [1.29, 1.82) is 0 Å². The molecule has 0 N–H and O–H groups in total. The lowest BCUT2D eigenvalue weighted by atomic mass is 10.1. The average molecular weight is 258 g/mol. The molecule has 18 heavy (non-hydrogen) atoms. The smallest absolute Gasteiger partial charge is 0.333 e. The Hall–Kier alpha value is -1.87. The second kappa shape index (κ2) is 5.65.